The highest BCUT2D eigenvalue weighted by Gasteiger charge is 2.47. The molecule has 0 spiro atoms. The monoisotopic (exact) mass is 607 g/mol. The number of rotatable bonds is 6. The van der Waals surface area contributed by atoms with E-state index in [0.29, 0.717) is 12.1 Å². The summed E-state index contributed by atoms with van der Waals surface area (Å²) in [5.41, 5.74) is -12.7. The summed E-state index contributed by atoms with van der Waals surface area (Å²) in [4.78, 5) is 20.5. The number of carbonyl (C=O) groups excluding carboxylic acids is 1. The first kappa shape index (κ1) is 30.2. The molecule has 0 atom stereocenters. The van der Waals surface area contributed by atoms with Crippen LogP contribution in [0.15, 0.2) is 47.4 Å². The van der Waals surface area contributed by atoms with Crippen LogP contribution in [0.25, 0.3) is 5.69 Å². The molecular formula is C20H10F9N3O7S. The highest BCUT2D eigenvalue weighted by atomic mass is 32.2. The quantitative estimate of drug-likeness (QED) is 0.151. The molecular weight excluding hydrogens is 597 g/mol. The molecule has 20 heteroatoms. The van der Waals surface area contributed by atoms with Gasteiger partial charge in [-0.25, -0.2) is 13.2 Å². The molecule has 0 saturated carbocycles. The van der Waals surface area contributed by atoms with Gasteiger partial charge in [-0.3, -0.25) is 10.1 Å². The zero-order chi connectivity index (χ0) is 30.4. The Bertz CT molecular complexity index is 1560. The lowest BCUT2D eigenvalue weighted by Gasteiger charge is -2.15. The summed E-state index contributed by atoms with van der Waals surface area (Å²) in [6.07, 6.45) is -10.6. The molecule has 40 heavy (non-hydrogen) atoms. The molecule has 1 aromatic heterocycles. The molecule has 216 valence electrons. The molecule has 3 rings (SSSR count). The minimum absolute atomic E-state index is 0.0356. The smallest absolute Gasteiger partial charge is 0.464 e. The topological polar surface area (TPSA) is 131 Å². The predicted molar refractivity (Wildman–Crippen MR) is 111 cm³/mol. The zero-order valence-electron chi connectivity index (χ0n) is 19.1. The summed E-state index contributed by atoms with van der Waals surface area (Å²) in [6.45, 7) is 0. The second kappa shape index (κ2) is 9.99. The maximum Gasteiger partial charge on any atom is 0.501 e. The summed E-state index contributed by atoms with van der Waals surface area (Å²) < 4.78 is 152. The fourth-order valence-electron chi connectivity index (χ4n) is 3.03. The maximum atomic E-state index is 13.3. The van der Waals surface area contributed by atoms with Crippen LogP contribution in [-0.2, 0) is 26.9 Å². The summed E-state index contributed by atoms with van der Waals surface area (Å²) >= 11 is 0. The third kappa shape index (κ3) is 5.95. The number of sulfone groups is 1. The van der Waals surface area contributed by atoms with Crippen LogP contribution in [0, 0.1) is 10.1 Å². The van der Waals surface area contributed by atoms with Crippen molar-refractivity contribution in [3.05, 3.63) is 69.4 Å². The molecule has 0 aliphatic heterocycles. The standard InChI is InChI=1S/C20H10F9N3O7S/c1-38-17(33)13-8-16(31(30-13)11-5-9(18(21,22)23)4-10(6-11)19(24,25)26)39-15-3-2-12(7-14(15)32(34)35)40(36,37)20(27,28)29/h2-8H,1H3. The van der Waals surface area contributed by atoms with Gasteiger partial charge in [-0.1, -0.05) is 0 Å². The van der Waals surface area contributed by atoms with Crippen molar-refractivity contribution in [3.63, 3.8) is 0 Å². The molecule has 0 unspecified atom stereocenters. The van der Waals surface area contributed by atoms with Gasteiger partial charge in [-0.2, -0.15) is 49.3 Å². The predicted octanol–water partition coefficient (Wildman–Crippen LogP) is 5.69. The molecule has 1 heterocycles. The van der Waals surface area contributed by atoms with Crippen LogP contribution in [-0.4, -0.2) is 41.7 Å². The molecule has 0 amide bonds. The number of carbonyl (C=O) groups is 1. The Kier molecular flexibility index (Phi) is 7.54. The Morgan fingerprint density at radius 2 is 1.48 bits per heavy atom. The van der Waals surface area contributed by atoms with Gasteiger partial charge in [-0.05, 0) is 30.3 Å². The summed E-state index contributed by atoms with van der Waals surface area (Å²) in [6, 6.07) is 1.29. The summed E-state index contributed by atoms with van der Waals surface area (Å²) in [5, 5.41) is 15.0. The molecule has 2 aromatic carbocycles. The number of nitro groups is 1. The van der Waals surface area contributed by atoms with E-state index in [1.165, 1.54) is 0 Å². The summed E-state index contributed by atoms with van der Waals surface area (Å²) in [7, 11) is -5.24. The summed E-state index contributed by atoms with van der Waals surface area (Å²) in [5.74, 6) is -3.25. The number of ether oxygens (including phenoxy) is 2. The van der Waals surface area contributed by atoms with Gasteiger partial charge in [0.2, 0.25) is 11.6 Å². The fraction of sp³-hybridized carbons (Fsp3) is 0.200. The van der Waals surface area contributed by atoms with E-state index < -0.39 is 83.3 Å². The van der Waals surface area contributed by atoms with Gasteiger partial charge in [0, 0.05) is 12.1 Å². The molecule has 0 aliphatic carbocycles. The zero-order valence-corrected chi connectivity index (χ0v) is 19.9. The van der Waals surface area contributed by atoms with Crippen molar-refractivity contribution < 1.29 is 67.1 Å². The van der Waals surface area contributed by atoms with Crippen molar-refractivity contribution in [2.45, 2.75) is 22.8 Å². The Morgan fingerprint density at radius 1 is 0.925 bits per heavy atom. The highest BCUT2D eigenvalue weighted by molar-refractivity contribution is 7.92. The number of nitrogens with zero attached hydrogens (tertiary/aromatic N) is 3. The van der Waals surface area contributed by atoms with E-state index in [2.05, 4.69) is 9.84 Å². The number of nitro benzene ring substituents is 1. The first-order valence-electron chi connectivity index (χ1n) is 9.92. The maximum absolute atomic E-state index is 13.3. The number of benzene rings is 2. The van der Waals surface area contributed by atoms with E-state index in [1.807, 2.05) is 0 Å². The molecule has 10 nitrogen and oxygen atoms in total. The van der Waals surface area contributed by atoms with E-state index in [9.17, 15) is 62.8 Å². The minimum Gasteiger partial charge on any atom is -0.464 e. The Balaban J connectivity index is 2.26. The number of alkyl halides is 9. The van der Waals surface area contributed by atoms with Crippen LogP contribution in [0.4, 0.5) is 45.2 Å². The van der Waals surface area contributed by atoms with Crippen LogP contribution < -0.4 is 4.74 Å². The van der Waals surface area contributed by atoms with Crippen molar-refractivity contribution in [2.24, 2.45) is 0 Å². The van der Waals surface area contributed by atoms with E-state index in [0.717, 1.165) is 7.11 Å². The highest BCUT2D eigenvalue weighted by Crippen LogP contribution is 2.40. The minimum atomic E-state index is -6.07. The largest absolute Gasteiger partial charge is 0.501 e. The average Bonchev–Trinajstić information content (AvgIpc) is 3.25. The van der Waals surface area contributed by atoms with E-state index in [4.69, 9.17) is 4.74 Å². The lowest BCUT2D eigenvalue weighted by atomic mass is 10.1. The van der Waals surface area contributed by atoms with Crippen LogP contribution in [0.5, 0.6) is 11.6 Å². The Hall–Kier alpha value is -4.36. The molecule has 0 aliphatic rings. The lowest BCUT2D eigenvalue weighted by Crippen LogP contribution is -2.23. The number of aromatic nitrogens is 2. The Labute approximate surface area is 215 Å². The van der Waals surface area contributed by atoms with Crippen molar-refractivity contribution in [2.75, 3.05) is 7.11 Å². The third-order valence-electron chi connectivity index (χ3n) is 4.84. The number of halogens is 9. The van der Waals surface area contributed by atoms with E-state index in [-0.39, 0.29) is 35.0 Å². The number of hydrogen-bond donors (Lipinski definition) is 0. The van der Waals surface area contributed by atoms with Crippen LogP contribution >= 0.6 is 0 Å². The molecule has 3 aromatic rings. The first-order valence-corrected chi connectivity index (χ1v) is 11.4. The van der Waals surface area contributed by atoms with E-state index in [1.54, 1.807) is 0 Å². The van der Waals surface area contributed by atoms with Crippen molar-refractivity contribution in [1.29, 1.82) is 0 Å². The molecule has 0 fully saturated rings. The molecule has 0 saturated heterocycles. The number of esters is 1. The van der Waals surface area contributed by atoms with Crippen LogP contribution in [0.1, 0.15) is 21.6 Å². The van der Waals surface area contributed by atoms with Gasteiger partial charge in [0.1, 0.15) is 0 Å². The first-order chi connectivity index (χ1) is 18.2. The van der Waals surface area contributed by atoms with Crippen LogP contribution in [0.2, 0.25) is 0 Å². The van der Waals surface area contributed by atoms with Gasteiger partial charge >= 0.3 is 29.5 Å². The fourth-order valence-corrected chi connectivity index (χ4v) is 3.81. The average molecular weight is 607 g/mol. The second-order valence-corrected chi connectivity index (χ2v) is 9.41. The van der Waals surface area contributed by atoms with E-state index >= 15 is 0 Å². The van der Waals surface area contributed by atoms with Crippen molar-refractivity contribution in [3.8, 4) is 17.3 Å². The normalized spacial score (nSPS) is 12.8. The van der Waals surface area contributed by atoms with Gasteiger partial charge in [0.05, 0.1) is 33.7 Å². The number of hydrogen-bond acceptors (Lipinski definition) is 8. The number of methoxy groups -OCH3 is 1. The Morgan fingerprint density at radius 3 is 1.93 bits per heavy atom. The van der Waals surface area contributed by atoms with Gasteiger partial charge in [0.25, 0.3) is 9.84 Å². The van der Waals surface area contributed by atoms with Gasteiger partial charge < -0.3 is 9.47 Å². The molecule has 0 radical (unpaired) electrons. The van der Waals surface area contributed by atoms with Gasteiger partial charge in [-0.15, -0.1) is 0 Å². The van der Waals surface area contributed by atoms with Crippen LogP contribution in [0.3, 0.4) is 0 Å². The lowest BCUT2D eigenvalue weighted by molar-refractivity contribution is -0.385. The van der Waals surface area contributed by atoms with Crippen molar-refractivity contribution >= 4 is 21.5 Å². The second-order valence-electron chi connectivity index (χ2n) is 7.47. The van der Waals surface area contributed by atoms with Gasteiger partial charge in [0.15, 0.2) is 5.69 Å². The van der Waals surface area contributed by atoms with Crippen molar-refractivity contribution in [1.82, 2.24) is 9.78 Å². The third-order valence-corrected chi connectivity index (χ3v) is 6.33. The molecule has 0 bridgehead atoms. The molecule has 0 N–H and O–H groups in total. The SMILES string of the molecule is COC(=O)c1cc(Oc2ccc(S(=O)(=O)C(F)(F)F)cc2[N+](=O)[O-])n(-c2cc(C(F)(F)F)cc(C(F)(F)F)c2)n1.